The van der Waals surface area contributed by atoms with Crippen LogP contribution in [0.1, 0.15) is 41.8 Å². The number of hydrogen-bond donors (Lipinski definition) is 0. The van der Waals surface area contributed by atoms with Crippen LogP contribution in [0.25, 0.3) is 0 Å². The number of thioether (sulfide) groups is 2. The highest BCUT2D eigenvalue weighted by atomic mass is 32.2. The van der Waals surface area contributed by atoms with E-state index in [4.69, 9.17) is 0 Å². The summed E-state index contributed by atoms with van der Waals surface area (Å²) in [6.45, 7) is 4.05. The molecule has 1 unspecified atom stereocenters. The fourth-order valence-electron chi connectivity index (χ4n) is 2.59. The molecular weight excluding hydrogens is 332 g/mol. The molecule has 3 nitrogen and oxygen atoms in total. The van der Waals surface area contributed by atoms with Gasteiger partial charge in [-0.05, 0) is 49.1 Å². The van der Waals surface area contributed by atoms with Crippen LogP contribution < -0.4 is 0 Å². The zero-order valence-electron chi connectivity index (χ0n) is 12.7. The van der Waals surface area contributed by atoms with Crippen LogP contribution in [0.2, 0.25) is 0 Å². The Morgan fingerprint density at radius 3 is 2.86 bits per heavy atom. The molecule has 0 fully saturated rings. The van der Waals surface area contributed by atoms with Gasteiger partial charge in [0.2, 0.25) is 0 Å². The molecule has 2 aromatic rings. The van der Waals surface area contributed by atoms with E-state index in [-0.39, 0.29) is 11.0 Å². The van der Waals surface area contributed by atoms with E-state index in [1.807, 2.05) is 13.0 Å². The molecule has 1 atom stereocenters. The first-order chi connectivity index (χ1) is 10.7. The van der Waals surface area contributed by atoms with Gasteiger partial charge in [-0.3, -0.25) is 4.79 Å². The highest BCUT2D eigenvalue weighted by Gasteiger charge is 2.20. The summed E-state index contributed by atoms with van der Waals surface area (Å²) in [7, 11) is 0. The summed E-state index contributed by atoms with van der Waals surface area (Å²) in [6, 6.07) is 6.18. The molecule has 0 saturated heterocycles. The van der Waals surface area contributed by atoms with Gasteiger partial charge in [0.1, 0.15) is 0 Å². The second-order valence-electron chi connectivity index (χ2n) is 5.23. The van der Waals surface area contributed by atoms with Crippen molar-refractivity contribution in [3.05, 3.63) is 34.9 Å². The number of carbonyl (C=O) groups excluding carboxylic acids is 1. The molecule has 1 aromatic carbocycles. The molecule has 22 heavy (non-hydrogen) atoms. The Bertz CT molecular complexity index is 684. The highest BCUT2D eigenvalue weighted by Crippen LogP contribution is 2.32. The van der Waals surface area contributed by atoms with Gasteiger partial charge in [0.15, 0.2) is 14.5 Å². The highest BCUT2D eigenvalue weighted by molar-refractivity contribution is 8.03. The van der Waals surface area contributed by atoms with E-state index < -0.39 is 0 Å². The van der Waals surface area contributed by atoms with E-state index in [1.54, 1.807) is 23.1 Å². The van der Waals surface area contributed by atoms with Crippen LogP contribution in [-0.4, -0.2) is 27.0 Å². The minimum atomic E-state index is -0.133. The van der Waals surface area contributed by atoms with Gasteiger partial charge in [0.25, 0.3) is 0 Å². The van der Waals surface area contributed by atoms with Gasteiger partial charge in [0.05, 0.1) is 5.25 Å². The molecule has 0 spiro atoms. The maximum Gasteiger partial charge on any atom is 0.175 e. The normalized spacial score (nSPS) is 14.8. The van der Waals surface area contributed by atoms with Crippen LogP contribution in [0, 0.1) is 0 Å². The first-order valence-corrected chi connectivity index (χ1v) is 10.1. The van der Waals surface area contributed by atoms with Gasteiger partial charge >= 0.3 is 0 Å². The molecule has 116 valence electrons. The first kappa shape index (κ1) is 16.0. The van der Waals surface area contributed by atoms with Gasteiger partial charge in [-0.1, -0.05) is 53.9 Å². The van der Waals surface area contributed by atoms with Crippen molar-refractivity contribution in [3.8, 4) is 0 Å². The standard InChI is InChI=1S/C16H18N2OS3/c1-3-20-15-17-18-16(22-15)21-10(2)14(19)13-8-7-11-5-4-6-12(11)9-13/h7-10H,3-6H2,1-2H3. The third kappa shape index (κ3) is 3.55. The molecular formula is C16H18N2OS3. The Morgan fingerprint density at radius 1 is 1.27 bits per heavy atom. The van der Waals surface area contributed by atoms with Crippen molar-refractivity contribution in [3.63, 3.8) is 0 Å². The largest absolute Gasteiger partial charge is 0.293 e. The summed E-state index contributed by atoms with van der Waals surface area (Å²) in [6.07, 6.45) is 3.46. The topological polar surface area (TPSA) is 42.9 Å². The number of aromatic nitrogens is 2. The summed E-state index contributed by atoms with van der Waals surface area (Å²) in [5.41, 5.74) is 3.58. The van der Waals surface area contributed by atoms with Gasteiger partial charge in [-0.15, -0.1) is 10.2 Å². The third-order valence-corrected chi connectivity index (χ3v) is 6.81. The number of ketones is 1. The van der Waals surface area contributed by atoms with Gasteiger partial charge in [-0.2, -0.15) is 0 Å². The lowest BCUT2D eigenvalue weighted by Gasteiger charge is -2.09. The van der Waals surface area contributed by atoms with E-state index in [0.717, 1.165) is 32.8 Å². The Hall–Kier alpha value is -0.850. The molecule has 1 aromatic heterocycles. The lowest BCUT2D eigenvalue weighted by Crippen LogP contribution is -2.13. The molecule has 3 rings (SSSR count). The number of rotatable bonds is 6. The molecule has 1 aliphatic rings. The van der Waals surface area contributed by atoms with Crippen molar-refractivity contribution >= 4 is 40.6 Å². The SMILES string of the molecule is CCSc1nnc(SC(C)C(=O)c2ccc3c(c2)CCC3)s1. The Labute approximate surface area is 143 Å². The Kier molecular flexibility index (Phi) is 5.21. The lowest BCUT2D eigenvalue weighted by atomic mass is 10.0. The molecule has 6 heteroatoms. The summed E-state index contributed by atoms with van der Waals surface area (Å²) < 4.78 is 1.85. The minimum absolute atomic E-state index is 0.133. The molecule has 0 amide bonds. The van der Waals surface area contributed by atoms with Crippen molar-refractivity contribution in [1.82, 2.24) is 10.2 Å². The molecule has 0 N–H and O–H groups in total. The summed E-state index contributed by atoms with van der Waals surface area (Å²) in [4.78, 5) is 12.6. The van der Waals surface area contributed by atoms with Crippen molar-refractivity contribution in [2.24, 2.45) is 0 Å². The van der Waals surface area contributed by atoms with Crippen molar-refractivity contribution < 1.29 is 4.79 Å². The predicted molar refractivity (Wildman–Crippen MR) is 94.4 cm³/mol. The van der Waals surface area contributed by atoms with Crippen LogP contribution >= 0.6 is 34.9 Å². The van der Waals surface area contributed by atoms with E-state index in [9.17, 15) is 4.79 Å². The smallest absolute Gasteiger partial charge is 0.175 e. The van der Waals surface area contributed by atoms with E-state index in [1.165, 1.54) is 29.3 Å². The second-order valence-corrected chi connectivity index (χ2v) is 9.30. The number of aryl methyl sites for hydroxylation is 2. The summed E-state index contributed by atoms with van der Waals surface area (Å²) in [5.74, 6) is 1.17. The average molecular weight is 351 g/mol. The Balaban J connectivity index is 1.68. The van der Waals surface area contributed by atoms with Crippen molar-refractivity contribution in [1.29, 1.82) is 0 Å². The fraction of sp³-hybridized carbons (Fsp3) is 0.438. The number of nitrogens with zero attached hydrogens (tertiary/aromatic N) is 2. The molecule has 0 saturated carbocycles. The van der Waals surface area contributed by atoms with Gasteiger partial charge in [0, 0.05) is 5.56 Å². The van der Waals surface area contributed by atoms with Crippen LogP contribution in [0.4, 0.5) is 0 Å². The summed E-state index contributed by atoms with van der Waals surface area (Å²) >= 11 is 4.77. The number of carbonyl (C=O) groups is 1. The maximum absolute atomic E-state index is 12.6. The zero-order chi connectivity index (χ0) is 15.5. The van der Waals surface area contributed by atoms with Crippen LogP contribution in [-0.2, 0) is 12.8 Å². The van der Waals surface area contributed by atoms with Gasteiger partial charge < -0.3 is 0 Å². The molecule has 1 aliphatic carbocycles. The van der Waals surface area contributed by atoms with Crippen molar-refractivity contribution in [2.45, 2.75) is 47.0 Å². The van der Waals surface area contributed by atoms with Crippen LogP contribution in [0.5, 0.6) is 0 Å². The van der Waals surface area contributed by atoms with E-state index in [0.29, 0.717) is 0 Å². The van der Waals surface area contributed by atoms with Crippen LogP contribution in [0.3, 0.4) is 0 Å². The molecule has 0 bridgehead atoms. The van der Waals surface area contributed by atoms with E-state index >= 15 is 0 Å². The average Bonchev–Trinajstić information content (AvgIpc) is 3.15. The Morgan fingerprint density at radius 2 is 2.05 bits per heavy atom. The van der Waals surface area contributed by atoms with Gasteiger partial charge in [-0.25, -0.2) is 0 Å². The lowest BCUT2D eigenvalue weighted by molar-refractivity contribution is 0.0994. The van der Waals surface area contributed by atoms with Crippen LogP contribution in [0.15, 0.2) is 26.9 Å². The number of hydrogen-bond acceptors (Lipinski definition) is 6. The van der Waals surface area contributed by atoms with Crippen molar-refractivity contribution in [2.75, 3.05) is 5.75 Å². The first-order valence-electron chi connectivity index (χ1n) is 7.46. The molecule has 0 aliphatic heterocycles. The second kappa shape index (κ2) is 7.15. The number of Topliss-reactive ketones (excluding diaryl/α,β-unsaturated/α-hetero) is 1. The number of benzene rings is 1. The maximum atomic E-state index is 12.6. The van der Waals surface area contributed by atoms with E-state index in [2.05, 4.69) is 29.3 Å². The molecule has 0 radical (unpaired) electrons. The minimum Gasteiger partial charge on any atom is -0.293 e. The summed E-state index contributed by atoms with van der Waals surface area (Å²) in [5, 5.41) is 8.17. The quantitative estimate of drug-likeness (QED) is 0.567. The number of fused-ring (bicyclic) bond motifs is 1. The monoisotopic (exact) mass is 350 g/mol. The predicted octanol–water partition coefficient (Wildman–Crippen LogP) is 4.50. The fourth-order valence-corrected chi connectivity index (χ4v) is 5.73. The zero-order valence-corrected chi connectivity index (χ0v) is 15.1. The molecule has 1 heterocycles. The third-order valence-electron chi connectivity index (χ3n) is 3.69.